The third kappa shape index (κ3) is 2.25. The zero-order chi connectivity index (χ0) is 11.5. The Morgan fingerprint density at radius 1 is 1.38 bits per heavy atom. The number of carboxylic acid groups (broad SMARTS) is 1. The smallest absolute Gasteiger partial charge is 0.307 e. The Morgan fingerprint density at radius 2 is 2.06 bits per heavy atom. The highest BCUT2D eigenvalue weighted by atomic mass is 19.1. The Hall–Kier alpha value is -2.17. The maximum atomic E-state index is 12.7. The van der Waals surface area contributed by atoms with Gasteiger partial charge in [0, 0.05) is 11.8 Å². The van der Waals surface area contributed by atoms with Crippen molar-refractivity contribution in [3.63, 3.8) is 0 Å². The van der Waals surface area contributed by atoms with Gasteiger partial charge in [0.2, 0.25) is 0 Å². The number of hydrogen-bond acceptors (Lipinski definition) is 2. The van der Waals surface area contributed by atoms with Crippen LogP contribution in [0.1, 0.15) is 5.56 Å². The van der Waals surface area contributed by atoms with E-state index < -0.39 is 5.97 Å². The lowest BCUT2D eigenvalue weighted by Crippen LogP contribution is -1.98. The molecule has 0 aliphatic carbocycles. The van der Waals surface area contributed by atoms with Crippen LogP contribution >= 0.6 is 0 Å². The summed E-state index contributed by atoms with van der Waals surface area (Å²) in [6.45, 7) is 0. The van der Waals surface area contributed by atoms with Gasteiger partial charge in [-0.25, -0.2) is 9.07 Å². The molecule has 0 saturated carbocycles. The SMILES string of the molecule is O=C(O)Cc1cnn(-c2ccc(F)cc2)c1. The van der Waals surface area contributed by atoms with E-state index in [1.54, 1.807) is 18.3 Å². The lowest BCUT2D eigenvalue weighted by Gasteiger charge is -1.99. The van der Waals surface area contributed by atoms with E-state index in [0.717, 1.165) is 0 Å². The average molecular weight is 220 g/mol. The summed E-state index contributed by atoms with van der Waals surface area (Å²) < 4.78 is 14.2. The summed E-state index contributed by atoms with van der Waals surface area (Å²) in [5.41, 5.74) is 1.30. The van der Waals surface area contributed by atoms with Crippen LogP contribution < -0.4 is 0 Å². The zero-order valence-corrected chi connectivity index (χ0v) is 8.30. The number of hydrogen-bond donors (Lipinski definition) is 1. The predicted molar refractivity (Wildman–Crippen MR) is 54.9 cm³/mol. The molecule has 0 aliphatic heterocycles. The van der Waals surface area contributed by atoms with Gasteiger partial charge in [0.05, 0.1) is 18.3 Å². The quantitative estimate of drug-likeness (QED) is 0.855. The van der Waals surface area contributed by atoms with Crippen molar-refractivity contribution in [2.45, 2.75) is 6.42 Å². The number of benzene rings is 1. The Bertz CT molecular complexity index is 505. The van der Waals surface area contributed by atoms with Crippen LogP contribution in [0.4, 0.5) is 4.39 Å². The van der Waals surface area contributed by atoms with Gasteiger partial charge in [-0.1, -0.05) is 0 Å². The minimum absolute atomic E-state index is 0.0683. The van der Waals surface area contributed by atoms with Crippen molar-refractivity contribution in [1.82, 2.24) is 9.78 Å². The van der Waals surface area contributed by atoms with Gasteiger partial charge in [-0.3, -0.25) is 4.79 Å². The first-order valence-corrected chi connectivity index (χ1v) is 4.66. The molecule has 0 fully saturated rings. The summed E-state index contributed by atoms with van der Waals surface area (Å²) in [6, 6.07) is 5.81. The van der Waals surface area contributed by atoms with Gasteiger partial charge in [0.15, 0.2) is 0 Å². The summed E-state index contributed by atoms with van der Waals surface area (Å²) in [6.07, 6.45) is 3.03. The molecule has 5 heteroatoms. The second-order valence-electron chi connectivity index (χ2n) is 3.34. The van der Waals surface area contributed by atoms with Crippen LogP contribution in [-0.2, 0) is 11.2 Å². The van der Waals surface area contributed by atoms with Crippen LogP contribution in [0.2, 0.25) is 0 Å². The van der Waals surface area contributed by atoms with Crippen molar-refractivity contribution in [2.75, 3.05) is 0 Å². The third-order valence-electron chi connectivity index (χ3n) is 2.08. The number of carbonyl (C=O) groups is 1. The second-order valence-corrected chi connectivity index (χ2v) is 3.34. The fourth-order valence-corrected chi connectivity index (χ4v) is 1.36. The minimum atomic E-state index is -0.904. The van der Waals surface area contributed by atoms with Gasteiger partial charge in [0.25, 0.3) is 0 Å². The van der Waals surface area contributed by atoms with E-state index in [0.29, 0.717) is 11.3 Å². The van der Waals surface area contributed by atoms with Gasteiger partial charge in [-0.05, 0) is 24.3 Å². The molecule has 0 unspecified atom stereocenters. The first-order chi connectivity index (χ1) is 7.65. The Labute approximate surface area is 90.9 Å². The number of halogens is 1. The summed E-state index contributed by atoms with van der Waals surface area (Å²) in [4.78, 5) is 10.5. The molecule has 1 heterocycles. The molecular formula is C11H9FN2O2. The summed E-state index contributed by atoms with van der Waals surface area (Å²) in [5, 5.41) is 12.6. The van der Waals surface area contributed by atoms with Crippen LogP contribution in [0, 0.1) is 5.82 Å². The summed E-state index contributed by atoms with van der Waals surface area (Å²) in [5.74, 6) is -1.22. The minimum Gasteiger partial charge on any atom is -0.481 e. The van der Waals surface area contributed by atoms with E-state index in [2.05, 4.69) is 5.10 Å². The Morgan fingerprint density at radius 3 is 2.69 bits per heavy atom. The number of carboxylic acids is 1. The highest BCUT2D eigenvalue weighted by molar-refractivity contribution is 5.69. The van der Waals surface area contributed by atoms with Gasteiger partial charge in [-0.2, -0.15) is 5.10 Å². The molecule has 0 aliphatic rings. The fraction of sp³-hybridized carbons (Fsp3) is 0.0909. The molecule has 16 heavy (non-hydrogen) atoms. The monoisotopic (exact) mass is 220 g/mol. The van der Waals surface area contributed by atoms with Crippen LogP contribution in [-0.4, -0.2) is 20.9 Å². The molecule has 4 nitrogen and oxygen atoms in total. The lowest BCUT2D eigenvalue weighted by atomic mass is 10.2. The molecule has 0 atom stereocenters. The van der Waals surface area contributed by atoms with Gasteiger partial charge < -0.3 is 5.11 Å². The van der Waals surface area contributed by atoms with E-state index in [9.17, 15) is 9.18 Å². The molecule has 0 spiro atoms. The first kappa shape index (κ1) is 10.4. The second kappa shape index (κ2) is 4.14. The normalized spacial score (nSPS) is 10.3. The maximum Gasteiger partial charge on any atom is 0.307 e. The van der Waals surface area contributed by atoms with Crippen LogP contribution in [0.15, 0.2) is 36.7 Å². The third-order valence-corrected chi connectivity index (χ3v) is 2.08. The molecule has 2 aromatic rings. The van der Waals surface area contributed by atoms with Crippen molar-refractivity contribution in [2.24, 2.45) is 0 Å². The number of rotatable bonds is 3. The lowest BCUT2D eigenvalue weighted by molar-refractivity contribution is -0.136. The maximum absolute atomic E-state index is 12.7. The van der Waals surface area contributed by atoms with Crippen LogP contribution in [0.3, 0.4) is 0 Å². The van der Waals surface area contributed by atoms with E-state index in [4.69, 9.17) is 5.11 Å². The fourth-order valence-electron chi connectivity index (χ4n) is 1.36. The van der Waals surface area contributed by atoms with E-state index in [1.807, 2.05) is 0 Å². The number of aromatic nitrogens is 2. The standard InChI is InChI=1S/C11H9FN2O2/c12-9-1-3-10(4-2-9)14-7-8(6-13-14)5-11(15)16/h1-4,6-7H,5H2,(H,15,16). The molecule has 1 aromatic heterocycles. The largest absolute Gasteiger partial charge is 0.481 e. The summed E-state index contributed by atoms with van der Waals surface area (Å²) >= 11 is 0. The van der Waals surface area contributed by atoms with Gasteiger partial charge in [0.1, 0.15) is 5.82 Å². The average Bonchev–Trinajstić information content (AvgIpc) is 2.66. The highest BCUT2D eigenvalue weighted by Crippen LogP contribution is 2.09. The molecule has 1 N–H and O–H groups in total. The van der Waals surface area contributed by atoms with E-state index in [-0.39, 0.29) is 12.2 Å². The van der Waals surface area contributed by atoms with Gasteiger partial charge in [-0.15, -0.1) is 0 Å². The highest BCUT2D eigenvalue weighted by Gasteiger charge is 2.04. The van der Waals surface area contributed by atoms with Crippen molar-refractivity contribution in [3.8, 4) is 5.69 Å². The predicted octanol–water partition coefficient (Wildman–Crippen LogP) is 1.64. The Balaban J connectivity index is 2.24. The molecule has 0 bridgehead atoms. The molecule has 0 amide bonds. The molecule has 2 rings (SSSR count). The molecule has 1 aromatic carbocycles. The molecule has 0 saturated heterocycles. The van der Waals surface area contributed by atoms with E-state index in [1.165, 1.54) is 23.0 Å². The molecule has 0 radical (unpaired) electrons. The van der Waals surface area contributed by atoms with Crippen molar-refractivity contribution >= 4 is 5.97 Å². The first-order valence-electron chi connectivity index (χ1n) is 4.66. The number of aliphatic carboxylic acids is 1. The molecule has 82 valence electrons. The van der Waals surface area contributed by atoms with Crippen molar-refractivity contribution < 1.29 is 14.3 Å². The van der Waals surface area contributed by atoms with Crippen LogP contribution in [0.5, 0.6) is 0 Å². The zero-order valence-electron chi connectivity index (χ0n) is 8.30. The molecular weight excluding hydrogens is 211 g/mol. The Kier molecular flexibility index (Phi) is 2.68. The van der Waals surface area contributed by atoms with Crippen molar-refractivity contribution in [3.05, 3.63) is 48.0 Å². The topological polar surface area (TPSA) is 55.1 Å². The van der Waals surface area contributed by atoms with E-state index >= 15 is 0 Å². The number of nitrogens with zero attached hydrogens (tertiary/aromatic N) is 2. The van der Waals surface area contributed by atoms with Crippen molar-refractivity contribution in [1.29, 1.82) is 0 Å². The van der Waals surface area contributed by atoms with Crippen LogP contribution in [0.25, 0.3) is 5.69 Å². The summed E-state index contributed by atoms with van der Waals surface area (Å²) in [7, 11) is 0. The van der Waals surface area contributed by atoms with Gasteiger partial charge >= 0.3 is 5.97 Å².